The van der Waals surface area contributed by atoms with Gasteiger partial charge in [0.25, 0.3) is 0 Å². The van der Waals surface area contributed by atoms with Crippen molar-refractivity contribution < 1.29 is 9.13 Å². The van der Waals surface area contributed by atoms with Crippen molar-refractivity contribution in [3.63, 3.8) is 0 Å². The predicted octanol–water partition coefficient (Wildman–Crippen LogP) is 3.03. The van der Waals surface area contributed by atoms with E-state index in [1.807, 2.05) is 0 Å². The molecule has 80 valence electrons. The van der Waals surface area contributed by atoms with Gasteiger partial charge in [0.15, 0.2) is 11.6 Å². The second-order valence-electron chi connectivity index (χ2n) is 2.79. The first-order chi connectivity index (χ1) is 7.62. The Hall–Kier alpha value is -1.85. The molecule has 1 rings (SSSR count). The Balaban J connectivity index is 3.40. The van der Waals surface area contributed by atoms with Crippen LogP contribution in [0.5, 0.6) is 5.75 Å². The Morgan fingerprint density at radius 3 is 2.56 bits per heavy atom. The lowest BCUT2D eigenvalue weighted by Crippen LogP contribution is -1.92. The van der Waals surface area contributed by atoms with E-state index in [1.165, 1.54) is 19.3 Å². The quantitative estimate of drug-likeness (QED) is 0.783. The minimum atomic E-state index is -0.557. The first-order valence-electron chi connectivity index (χ1n) is 4.17. The molecule has 3 nitrogen and oxygen atoms in total. The number of nitrogens with zero attached hydrogens (tertiary/aromatic N) is 2. The Bertz CT molecular complexity index is 510. The highest BCUT2D eigenvalue weighted by Crippen LogP contribution is 2.28. The molecule has 0 saturated heterocycles. The summed E-state index contributed by atoms with van der Waals surface area (Å²) in [7, 11) is 1.32. The Morgan fingerprint density at radius 1 is 1.44 bits per heavy atom. The SMILES string of the molecule is COc1c(F)cc(Br)cc1C=C(C#N)C#N. The van der Waals surface area contributed by atoms with Gasteiger partial charge < -0.3 is 4.74 Å². The molecule has 0 aliphatic heterocycles. The van der Waals surface area contributed by atoms with E-state index >= 15 is 0 Å². The Labute approximate surface area is 100 Å². The summed E-state index contributed by atoms with van der Waals surface area (Å²) in [6, 6.07) is 6.20. The first kappa shape index (κ1) is 12.2. The van der Waals surface area contributed by atoms with Crippen LogP contribution in [0.3, 0.4) is 0 Å². The van der Waals surface area contributed by atoms with Gasteiger partial charge in [0.2, 0.25) is 0 Å². The monoisotopic (exact) mass is 280 g/mol. The van der Waals surface area contributed by atoms with Crippen LogP contribution in [0, 0.1) is 28.5 Å². The smallest absolute Gasteiger partial charge is 0.166 e. The van der Waals surface area contributed by atoms with Crippen molar-refractivity contribution in [2.75, 3.05) is 7.11 Å². The summed E-state index contributed by atoms with van der Waals surface area (Å²) in [5.74, 6) is -0.551. The normalized spacial score (nSPS) is 8.81. The molecular weight excluding hydrogens is 275 g/mol. The van der Waals surface area contributed by atoms with E-state index in [2.05, 4.69) is 15.9 Å². The topological polar surface area (TPSA) is 56.8 Å². The van der Waals surface area contributed by atoms with Crippen LogP contribution >= 0.6 is 15.9 Å². The predicted molar refractivity (Wildman–Crippen MR) is 59.9 cm³/mol. The summed E-state index contributed by atoms with van der Waals surface area (Å²) < 4.78 is 18.8. The van der Waals surface area contributed by atoms with Crippen molar-refractivity contribution in [1.82, 2.24) is 0 Å². The zero-order valence-electron chi connectivity index (χ0n) is 8.29. The van der Waals surface area contributed by atoms with Crippen LogP contribution in [0.4, 0.5) is 4.39 Å². The molecule has 0 spiro atoms. The van der Waals surface area contributed by atoms with Gasteiger partial charge in [-0.1, -0.05) is 15.9 Å². The molecule has 0 amide bonds. The number of benzene rings is 1. The van der Waals surface area contributed by atoms with E-state index in [0.717, 1.165) is 0 Å². The maximum absolute atomic E-state index is 13.4. The lowest BCUT2D eigenvalue weighted by atomic mass is 10.1. The van der Waals surface area contributed by atoms with E-state index < -0.39 is 5.82 Å². The Morgan fingerprint density at radius 2 is 2.06 bits per heavy atom. The van der Waals surface area contributed by atoms with Crippen LogP contribution in [0.15, 0.2) is 22.2 Å². The number of nitriles is 2. The van der Waals surface area contributed by atoms with E-state index in [4.69, 9.17) is 15.3 Å². The highest BCUT2D eigenvalue weighted by molar-refractivity contribution is 9.10. The summed E-state index contributed by atoms with van der Waals surface area (Å²) in [4.78, 5) is 0. The number of halogens is 2. The zero-order chi connectivity index (χ0) is 12.1. The van der Waals surface area contributed by atoms with Crippen molar-refractivity contribution in [3.05, 3.63) is 33.6 Å². The molecule has 0 saturated carbocycles. The van der Waals surface area contributed by atoms with E-state index in [1.54, 1.807) is 18.2 Å². The van der Waals surface area contributed by atoms with Gasteiger partial charge >= 0.3 is 0 Å². The molecule has 0 radical (unpaired) electrons. The molecule has 5 heteroatoms. The average molecular weight is 281 g/mol. The van der Waals surface area contributed by atoms with Crippen molar-refractivity contribution >= 4 is 22.0 Å². The second kappa shape index (κ2) is 5.29. The molecule has 0 N–H and O–H groups in total. The summed E-state index contributed by atoms with van der Waals surface area (Å²) >= 11 is 3.12. The van der Waals surface area contributed by atoms with Gasteiger partial charge in [0, 0.05) is 10.0 Å². The van der Waals surface area contributed by atoms with Crippen molar-refractivity contribution in [2.45, 2.75) is 0 Å². The molecule has 16 heavy (non-hydrogen) atoms. The third-order valence-corrected chi connectivity index (χ3v) is 2.24. The molecule has 0 aliphatic carbocycles. The van der Waals surface area contributed by atoms with Gasteiger partial charge in [-0.25, -0.2) is 4.39 Å². The summed E-state index contributed by atoms with van der Waals surface area (Å²) in [5.41, 5.74) is 0.225. The number of methoxy groups -OCH3 is 1. The summed E-state index contributed by atoms with van der Waals surface area (Å²) in [5, 5.41) is 17.2. The van der Waals surface area contributed by atoms with Gasteiger partial charge in [-0.3, -0.25) is 0 Å². The number of allylic oxidation sites excluding steroid dienone is 1. The fraction of sp³-hybridized carbons (Fsp3) is 0.0909. The molecule has 0 unspecified atom stereocenters. The number of ether oxygens (including phenoxy) is 1. The molecule has 1 aromatic rings. The minimum Gasteiger partial charge on any atom is -0.493 e. The maximum atomic E-state index is 13.4. The molecule has 0 atom stereocenters. The van der Waals surface area contributed by atoms with Crippen LogP contribution in [0.25, 0.3) is 6.08 Å². The molecule has 1 aromatic carbocycles. The van der Waals surface area contributed by atoms with E-state index in [-0.39, 0.29) is 11.3 Å². The van der Waals surface area contributed by atoms with Crippen molar-refractivity contribution in [1.29, 1.82) is 10.5 Å². The lowest BCUT2D eigenvalue weighted by Gasteiger charge is -2.06. The maximum Gasteiger partial charge on any atom is 0.166 e. The fourth-order valence-electron chi connectivity index (χ4n) is 1.15. The molecule has 0 aliphatic rings. The molecule has 0 fully saturated rings. The highest BCUT2D eigenvalue weighted by Gasteiger charge is 2.10. The zero-order valence-corrected chi connectivity index (χ0v) is 9.88. The number of rotatable bonds is 2. The number of hydrogen-bond acceptors (Lipinski definition) is 3. The number of hydrogen-bond donors (Lipinski definition) is 0. The van der Waals surface area contributed by atoms with Gasteiger partial charge in [-0.05, 0) is 18.2 Å². The fourth-order valence-corrected chi connectivity index (χ4v) is 1.60. The minimum absolute atomic E-state index is 0.00574. The second-order valence-corrected chi connectivity index (χ2v) is 3.71. The van der Waals surface area contributed by atoms with Crippen molar-refractivity contribution in [2.24, 2.45) is 0 Å². The van der Waals surface area contributed by atoms with Crippen LogP contribution in [-0.4, -0.2) is 7.11 Å². The van der Waals surface area contributed by atoms with Crippen LogP contribution < -0.4 is 4.74 Å². The van der Waals surface area contributed by atoms with Gasteiger partial charge in [-0.2, -0.15) is 10.5 Å². The van der Waals surface area contributed by atoms with Gasteiger partial charge in [-0.15, -0.1) is 0 Å². The third kappa shape index (κ3) is 2.59. The summed E-state index contributed by atoms with van der Waals surface area (Å²) in [6.07, 6.45) is 1.27. The van der Waals surface area contributed by atoms with E-state index in [9.17, 15) is 4.39 Å². The first-order valence-corrected chi connectivity index (χ1v) is 4.96. The Kier molecular flexibility index (Phi) is 4.04. The summed E-state index contributed by atoms with van der Waals surface area (Å²) in [6.45, 7) is 0. The average Bonchev–Trinajstić information content (AvgIpc) is 2.25. The van der Waals surface area contributed by atoms with Crippen LogP contribution in [0.1, 0.15) is 5.56 Å². The standard InChI is InChI=1S/C11H6BrFN2O/c1-16-11-8(2-7(5-14)6-15)3-9(12)4-10(11)13/h2-4H,1H3. The molecular formula is C11H6BrFN2O. The van der Waals surface area contributed by atoms with E-state index in [0.29, 0.717) is 10.0 Å². The molecule has 0 heterocycles. The van der Waals surface area contributed by atoms with Gasteiger partial charge in [0.05, 0.1) is 7.11 Å². The largest absolute Gasteiger partial charge is 0.493 e. The third-order valence-electron chi connectivity index (χ3n) is 1.78. The van der Waals surface area contributed by atoms with Crippen LogP contribution in [0.2, 0.25) is 0 Å². The van der Waals surface area contributed by atoms with Crippen molar-refractivity contribution in [3.8, 4) is 17.9 Å². The molecule has 0 bridgehead atoms. The van der Waals surface area contributed by atoms with Crippen LogP contribution in [-0.2, 0) is 0 Å². The lowest BCUT2D eigenvalue weighted by molar-refractivity contribution is 0.385. The highest BCUT2D eigenvalue weighted by atomic mass is 79.9. The molecule has 0 aromatic heterocycles. The van der Waals surface area contributed by atoms with Gasteiger partial charge in [0.1, 0.15) is 17.7 Å².